The lowest BCUT2D eigenvalue weighted by molar-refractivity contribution is -0.384. The fraction of sp³-hybridized carbons (Fsp3) is 0.0625. The first-order valence-electron chi connectivity index (χ1n) is 6.74. The standard InChI is InChI=1S/C16H10N4O3/c17-10-11-2-1-3-14(8-11)19-16(21)9-15(18-19)12-4-6-13(7-5-12)20(22)23/h1-8H,9H2. The maximum absolute atomic E-state index is 12.2. The fourth-order valence-electron chi connectivity index (χ4n) is 2.27. The van der Waals surface area contributed by atoms with E-state index in [1.807, 2.05) is 6.07 Å². The van der Waals surface area contributed by atoms with E-state index in [1.54, 1.807) is 36.4 Å². The molecule has 7 nitrogen and oxygen atoms in total. The van der Waals surface area contributed by atoms with Crippen molar-refractivity contribution in [2.75, 3.05) is 5.01 Å². The number of hydrogen-bond donors (Lipinski definition) is 0. The molecule has 0 spiro atoms. The number of benzene rings is 2. The number of carbonyl (C=O) groups is 1. The van der Waals surface area contributed by atoms with Gasteiger partial charge in [-0.2, -0.15) is 10.4 Å². The summed E-state index contributed by atoms with van der Waals surface area (Å²) in [4.78, 5) is 22.3. The average Bonchev–Trinajstić information content (AvgIpc) is 2.97. The molecule has 1 amide bonds. The number of amides is 1. The Morgan fingerprint density at radius 3 is 2.61 bits per heavy atom. The highest BCUT2D eigenvalue weighted by Gasteiger charge is 2.26. The van der Waals surface area contributed by atoms with E-state index >= 15 is 0 Å². The van der Waals surface area contributed by atoms with Crippen molar-refractivity contribution in [3.8, 4) is 6.07 Å². The summed E-state index contributed by atoms with van der Waals surface area (Å²) in [5.74, 6) is -0.214. The molecule has 0 fully saturated rings. The second-order valence-electron chi connectivity index (χ2n) is 4.90. The molecule has 2 aromatic rings. The van der Waals surface area contributed by atoms with Crippen LogP contribution in [0.3, 0.4) is 0 Å². The van der Waals surface area contributed by atoms with Gasteiger partial charge in [-0.3, -0.25) is 14.9 Å². The van der Waals surface area contributed by atoms with Gasteiger partial charge in [0, 0.05) is 12.1 Å². The van der Waals surface area contributed by atoms with Crippen molar-refractivity contribution >= 4 is 23.0 Å². The van der Waals surface area contributed by atoms with Gasteiger partial charge in [0.15, 0.2) is 0 Å². The molecule has 0 aromatic heterocycles. The van der Waals surface area contributed by atoms with E-state index < -0.39 is 4.92 Å². The monoisotopic (exact) mass is 306 g/mol. The van der Waals surface area contributed by atoms with Gasteiger partial charge >= 0.3 is 0 Å². The van der Waals surface area contributed by atoms with Gasteiger partial charge in [0.1, 0.15) is 0 Å². The molecule has 0 saturated carbocycles. The minimum Gasteiger partial charge on any atom is -0.272 e. The molecule has 0 atom stereocenters. The van der Waals surface area contributed by atoms with Crippen molar-refractivity contribution in [1.29, 1.82) is 5.26 Å². The molecule has 3 rings (SSSR count). The lowest BCUT2D eigenvalue weighted by Gasteiger charge is -2.11. The van der Waals surface area contributed by atoms with Crippen LogP contribution in [0.25, 0.3) is 0 Å². The molecular weight excluding hydrogens is 296 g/mol. The van der Waals surface area contributed by atoms with Crippen molar-refractivity contribution in [1.82, 2.24) is 0 Å². The minimum absolute atomic E-state index is 0.0164. The molecule has 0 unspecified atom stereocenters. The maximum atomic E-state index is 12.2. The number of rotatable bonds is 3. The van der Waals surface area contributed by atoms with Crippen LogP contribution in [0.2, 0.25) is 0 Å². The number of nitro benzene ring substituents is 1. The van der Waals surface area contributed by atoms with E-state index in [0.717, 1.165) is 0 Å². The lowest BCUT2D eigenvalue weighted by atomic mass is 10.1. The minimum atomic E-state index is -0.481. The van der Waals surface area contributed by atoms with Crippen LogP contribution in [0.1, 0.15) is 17.5 Å². The quantitative estimate of drug-likeness (QED) is 0.642. The topological polar surface area (TPSA) is 99.6 Å². The summed E-state index contributed by atoms with van der Waals surface area (Å²) < 4.78 is 0. The van der Waals surface area contributed by atoms with Gasteiger partial charge < -0.3 is 0 Å². The number of nitro groups is 1. The Labute approximate surface area is 131 Å². The molecule has 0 aliphatic carbocycles. The molecule has 2 aromatic carbocycles. The molecule has 1 aliphatic heterocycles. The molecule has 112 valence electrons. The van der Waals surface area contributed by atoms with Crippen molar-refractivity contribution in [3.05, 3.63) is 69.8 Å². The van der Waals surface area contributed by atoms with Crippen molar-refractivity contribution < 1.29 is 9.72 Å². The summed E-state index contributed by atoms with van der Waals surface area (Å²) in [5.41, 5.74) is 2.13. The van der Waals surface area contributed by atoms with E-state index in [4.69, 9.17) is 5.26 Å². The maximum Gasteiger partial charge on any atom is 0.269 e. The van der Waals surface area contributed by atoms with E-state index in [0.29, 0.717) is 22.5 Å². The van der Waals surface area contributed by atoms with Gasteiger partial charge in [-0.1, -0.05) is 6.07 Å². The molecule has 23 heavy (non-hydrogen) atoms. The molecular formula is C16H10N4O3. The van der Waals surface area contributed by atoms with Crippen LogP contribution < -0.4 is 5.01 Å². The normalized spacial score (nSPS) is 13.6. The number of non-ortho nitro benzene ring substituents is 1. The molecule has 0 saturated heterocycles. The summed E-state index contributed by atoms with van der Waals surface area (Å²) in [6.45, 7) is 0. The Kier molecular flexibility index (Phi) is 3.57. The van der Waals surface area contributed by atoms with Gasteiger partial charge in [-0.15, -0.1) is 0 Å². The van der Waals surface area contributed by atoms with Crippen molar-refractivity contribution in [3.63, 3.8) is 0 Å². The van der Waals surface area contributed by atoms with Crippen LogP contribution in [-0.4, -0.2) is 16.5 Å². The molecule has 7 heteroatoms. The molecule has 1 aliphatic rings. The highest BCUT2D eigenvalue weighted by molar-refractivity contribution is 6.19. The molecule has 0 N–H and O–H groups in total. The molecule has 0 radical (unpaired) electrons. The third kappa shape index (κ3) is 2.78. The Hall–Kier alpha value is -3.53. The summed E-state index contributed by atoms with van der Waals surface area (Å²) in [5, 5.41) is 25.1. The summed E-state index contributed by atoms with van der Waals surface area (Å²) in [7, 11) is 0. The predicted molar refractivity (Wildman–Crippen MR) is 82.9 cm³/mol. The second-order valence-corrected chi connectivity index (χ2v) is 4.90. The van der Waals surface area contributed by atoms with E-state index in [1.165, 1.54) is 17.1 Å². The second kappa shape index (κ2) is 5.69. The summed E-state index contributed by atoms with van der Waals surface area (Å²) in [6.07, 6.45) is 0.106. The third-order valence-corrected chi connectivity index (χ3v) is 3.41. The van der Waals surface area contributed by atoms with Gasteiger partial charge in [0.05, 0.1) is 34.4 Å². The highest BCUT2D eigenvalue weighted by atomic mass is 16.6. The van der Waals surface area contributed by atoms with Gasteiger partial charge in [0.2, 0.25) is 0 Å². The zero-order valence-corrected chi connectivity index (χ0v) is 11.8. The number of nitrogens with zero attached hydrogens (tertiary/aromatic N) is 4. The largest absolute Gasteiger partial charge is 0.272 e. The van der Waals surface area contributed by atoms with Crippen LogP contribution in [0, 0.1) is 21.4 Å². The molecule has 0 bridgehead atoms. The number of hydrogen-bond acceptors (Lipinski definition) is 5. The fourth-order valence-corrected chi connectivity index (χ4v) is 2.27. The first kappa shape index (κ1) is 14.4. The number of hydrazone groups is 1. The number of nitriles is 1. The zero-order valence-electron chi connectivity index (χ0n) is 11.8. The van der Waals surface area contributed by atoms with Crippen LogP contribution in [0.5, 0.6) is 0 Å². The lowest BCUT2D eigenvalue weighted by Crippen LogP contribution is -2.19. The Morgan fingerprint density at radius 1 is 1.22 bits per heavy atom. The van der Waals surface area contributed by atoms with E-state index in [2.05, 4.69) is 5.10 Å². The van der Waals surface area contributed by atoms with E-state index in [-0.39, 0.29) is 18.0 Å². The highest BCUT2D eigenvalue weighted by Crippen LogP contribution is 2.24. The van der Waals surface area contributed by atoms with Gasteiger partial charge in [-0.05, 0) is 35.9 Å². The van der Waals surface area contributed by atoms with Crippen LogP contribution in [0.15, 0.2) is 53.6 Å². The van der Waals surface area contributed by atoms with Crippen molar-refractivity contribution in [2.45, 2.75) is 6.42 Å². The van der Waals surface area contributed by atoms with E-state index in [9.17, 15) is 14.9 Å². The average molecular weight is 306 g/mol. The zero-order chi connectivity index (χ0) is 16.4. The van der Waals surface area contributed by atoms with Gasteiger partial charge in [0.25, 0.3) is 11.6 Å². The first-order valence-corrected chi connectivity index (χ1v) is 6.74. The molecule has 1 heterocycles. The van der Waals surface area contributed by atoms with Crippen molar-refractivity contribution in [2.24, 2.45) is 5.10 Å². The van der Waals surface area contributed by atoms with Crippen LogP contribution >= 0.6 is 0 Å². The van der Waals surface area contributed by atoms with Gasteiger partial charge in [-0.25, -0.2) is 5.01 Å². The first-order chi connectivity index (χ1) is 11.1. The Balaban J connectivity index is 1.92. The number of anilines is 1. The summed E-state index contributed by atoms with van der Waals surface area (Å²) in [6, 6.07) is 14.5. The predicted octanol–water partition coefficient (Wildman–Crippen LogP) is 2.61. The Morgan fingerprint density at radius 2 is 1.96 bits per heavy atom. The SMILES string of the molecule is N#Cc1cccc(N2N=C(c3ccc([N+](=O)[O-])cc3)CC2=O)c1. The number of carbonyl (C=O) groups excluding carboxylic acids is 1. The third-order valence-electron chi connectivity index (χ3n) is 3.41. The van der Waals surface area contributed by atoms with Crippen LogP contribution in [-0.2, 0) is 4.79 Å². The summed E-state index contributed by atoms with van der Waals surface area (Å²) >= 11 is 0. The Bertz CT molecular complexity index is 866. The smallest absolute Gasteiger partial charge is 0.269 e. The van der Waals surface area contributed by atoms with Crippen LogP contribution in [0.4, 0.5) is 11.4 Å².